The van der Waals surface area contributed by atoms with Crippen LogP contribution in [0.3, 0.4) is 0 Å². The van der Waals surface area contributed by atoms with Crippen LogP contribution in [0, 0.1) is 0 Å². The van der Waals surface area contributed by atoms with Crippen LogP contribution in [0.15, 0.2) is 12.3 Å². The van der Waals surface area contributed by atoms with E-state index in [1.54, 1.807) is 0 Å². The van der Waals surface area contributed by atoms with Crippen LogP contribution in [0.5, 0.6) is 0 Å². The molecule has 1 N–H and O–H groups in total. The SMILES string of the molecule is CC=CNC(CC)CCCC. The zero-order valence-electron chi connectivity index (χ0n) is 8.06. The van der Waals surface area contributed by atoms with Gasteiger partial charge >= 0.3 is 0 Å². The van der Waals surface area contributed by atoms with Crippen molar-refractivity contribution in [3.63, 3.8) is 0 Å². The summed E-state index contributed by atoms with van der Waals surface area (Å²) in [6.45, 7) is 6.51. The Morgan fingerprint density at radius 1 is 1.36 bits per heavy atom. The van der Waals surface area contributed by atoms with Crippen LogP contribution in [0.4, 0.5) is 0 Å². The summed E-state index contributed by atoms with van der Waals surface area (Å²) in [7, 11) is 0. The number of hydrogen-bond donors (Lipinski definition) is 1. The summed E-state index contributed by atoms with van der Waals surface area (Å²) in [5.41, 5.74) is 0. The maximum absolute atomic E-state index is 3.37. The first-order valence-corrected chi connectivity index (χ1v) is 4.72. The number of nitrogens with one attached hydrogen (secondary N) is 1. The van der Waals surface area contributed by atoms with Crippen molar-refractivity contribution >= 4 is 0 Å². The summed E-state index contributed by atoms with van der Waals surface area (Å²) in [4.78, 5) is 0. The molecule has 0 aromatic heterocycles. The average molecular weight is 155 g/mol. The second-order valence-corrected chi connectivity index (χ2v) is 2.91. The summed E-state index contributed by atoms with van der Waals surface area (Å²) in [6.07, 6.45) is 9.26. The van der Waals surface area contributed by atoms with Crippen molar-refractivity contribution in [2.75, 3.05) is 0 Å². The van der Waals surface area contributed by atoms with E-state index in [0.29, 0.717) is 6.04 Å². The molecule has 1 unspecified atom stereocenters. The van der Waals surface area contributed by atoms with Crippen molar-refractivity contribution in [1.29, 1.82) is 0 Å². The van der Waals surface area contributed by atoms with Crippen molar-refractivity contribution in [3.8, 4) is 0 Å². The fourth-order valence-corrected chi connectivity index (χ4v) is 1.09. The number of rotatable bonds is 6. The summed E-state index contributed by atoms with van der Waals surface area (Å²) >= 11 is 0. The highest BCUT2D eigenvalue weighted by atomic mass is 14.9. The summed E-state index contributed by atoms with van der Waals surface area (Å²) in [6, 6.07) is 0.686. The minimum atomic E-state index is 0.686. The van der Waals surface area contributed by atoms with Gasteiger partial charge in [0.1, 0.15) is 0 Å². The molecular weight excluding hydrogens is 134 g/mol. The molecule has 0 aromatic carbocycles. The van der Waals surface area contributed by atoms with Gasteiger partial charge < -0.3 is 5.32 Å². The lowest BCUT2D eigenvalue weighted by Crippen LogP contribution is -2.22. The van der Waals surface area contributed by atoms with Gasteiger partial charge in [-0.3, -0.25) is 0 Å². The molecule has 1 heteroatoms. The first kappa shape index (κ1) is 10.5. The monoisotopic (exact) mass is 155 g/mol. The molecule has 0 aliphatic heterocycles. The second kappa shape index (κ2) is 7.64. The van der Waals surface area contributed by atoms with E-state index < -0.39 is 0 Å². The molecule has 0 amide bonds. The van der Waals surface area contributed by atoms with E-state index in [-0.39, 0.29) is 0 Å². The Balaban J connectivity index is 3.40. The van der Waals surface area contributed by atoms with E-state index in [0.717, 1.165) is 0 Å². The average Bonchev–Trinajstić information content (AvgIpc) is 2.05. The van der Waals surface area contributed by atoms with E-state index >= 15 is 0 Å². The van der Waals surface area contributed by atoms with Gasteiger partial charge in [0, 0.05) is 6.04 Å². The van der Waals surface area contributed by atoms with E-state index in [9.17, 15) is 0 Å². The minimum absolute atomic E-state index is 0.686. The molecule has 0 fully saturated rings. The molecule has 0 heterocycles. The molecule has 0 saturated carbocycles. The Hall–Kier alpha value is -0.460. The quantitative estimate of drug-likeness (QED) is 0.621. The molecule has 0 aliphatic carbocycles. The van der Waals surface area contributed by atoms with Gasteiger partial charge in [-0.2, -0.15) is 0 Å². The van der Waals surface area contributed by atoms with Crippen LogP contribution < -0.4 is 5.32 Å². The largest absolute Gasteiger partial charge is 0.388 e. The van der Waals surface area contributed by atoms with Gasteiger partial charge in [-0.15, -0.1) is 0 Å². The van der Waals surface area contributed by atoms with Crippen molar-refractivity contribution in [1.82, 2.24) is 5.32 Å². The standard InChI is InChI=1S/C10H21N/c1-4-7-8-10(6-3)11-9-5-2/h5,9-11H,4,6-8H2,1-3H3. The summed E-state index contributed by atoms with van der Waals surface area (Å²) in [5, 5.41) is 3.37. The lowest BCUT2D eigenvalue weighted by atomic mass is 10.1. The predicted molar refractivity (Wildman–Crippen MR) is 51.6 cm³/mol. The highest BCUT2D eigenvalue weighted by Crippen LogP contribution is 2.03. The van der Waals surface area contributed by atoms with E-state index in [1.165, 1.54) is 25.7 Å². The molecule has 0 radical (unpaired) electrons. The van der Waals surface area contributed by atoms with Crippen LogP contribution in [-0.2, 0) is 0 Å². The molecule has 1 atom stereocenters. The maximum Gasteiger partial charge on any atom is 0.0253 e. The van der Waals surface area contributed by atoms with Gasteiger partial charge in [-0.05, 0) is 26.0 Å². The van der Waals surface area contributed by atoms with Crippen LogP contribution in [0.2, 0.25) is 0 Å². The molecule has 0 aliphatic rings. The maximum atomic E-state index is 3.37. The topological polar surface area (TPSA) is 12.0 Å². The van der Waals surface area contributed by atoms with Crippen molar-refractivity contribution in [2.24, 2.45) is 0 Å². The normalized spacial score (nSPS) is 13.7. The van der Waals surface area contributed by atoms with E-state index in [2.05, 4.69) is 25.2 Å². The number of unbranched alkanes of at least 4 members (excludes halogenated alkanes) is 1. The second-order valence-electron chi connectivity index (χ2n) is 2.91. The number of allylic oxidation sites excluding steroid dienone is 1. The smallest absolute Gasteiger partial charge is 0.0253 e. The summed E-state index contributed by atoms with van der Waals surface area (Å²) in [5.74, 6) is 0. The third-order valence-corrected chi connectivity index (χ3v) is 1.90. The van der Waals surface area contributed by atoms with Crippen molar-refractivity contribution < 1.29 is 0 Å². The molecule has 0 rings (SSSR count). The zero-order valence-corrected chi connectivity index (χ0v) is 8.06. The van der Waals surface area contributed by atoms with Gasteiger partial charge in [0.2, 0.25) is 0 Å². The molecular formula is C10H21N. The first-order valence-electron chi connectivity index (χ1n) is 4.72. The number of hydrogen-bond acceptors (Lipinski definition) is 1. The van der Waals surface area contributed by atoms with Crippen LogP contribution in [0.1, 0.15) is 46.5 Å². The third-order valence-electron chi connectivity index (χ3n) is 1.90. The van der Waals surface area contributed by atoms with Crippen LogP contribution in [0.25, 0.3) is 0 Å². The fraction of sp³-hybridized carbons (Fsp3) is 0.800. The van der Waals surface area contributed by atoms with Crippen molar-refractivity contribution in [2.45, 2.75) is 52.5 Å². The highest BCUT2D eigenvalue weighted by Gasteiger charge is 2.00. The fourth-order valence-electron chi connectivity index (χ4n) is 1.09. The van der Waals surface area contributed by atoms with Gasteiger partial charge in [0.15, 0.2) is 0 Å². The van der Waals surface area contributed by atoms with Gasteiger partial charge in [-0.25, -0.2) is 0 Å². The van der Waals surface area contributed by atoms with Gasteiger partial charge in [-0.1, -0.05) is 32.8 Å². The lowest BCUT2D eigenvalue weighted by molar-refractivity contribution is 0.504. The van der Waals surface area contributed by atoms with Crippen LogP contribution >= 0.6 is 0 Å². The summed E-state index contributed by atoms with van der Waals surface area (Å²) < 4.78 is 0. The minimum Gasteiger partial charge on any atom is -0.388 e. The van der Waals surface area contributed by atoms with Crippen LogP contribution in [-0.4, -0.2) is 6.04 Å². The molecule has 0 spiro atoms. The Bertz CT molecular complexity index is 97.0. The first-order chi connectivity index (χ1) is 5.35. The Morgan fingerprint density at radius 3 is 2.55 bits per heavy atom. The zero-order chi connectivity index (χ0) is 8.53. The molecule has 11 heavy (non-hydrogen) atoms. The van der Waals surface area contributed by atoms with Gasteiger partial charge in [0.05, 0.1) is 0 Å². The van der Waals surface area contributed by atoms with Gasteiger partial charge in [0.25, 0.3) is 0 Å². The molecule has 0 bridgehead atoms. The van der Waals surface area contributed by atoms with Crippen molar-refractivity contribution in [3.05, 3.63) is 12.3 Å². The highest BCUT2D eigenvalue weighted by molar-refractivity contribution is 4.78. The Kier molecular flexibility index (Phi) is 7.33. The van der Waals surface area contributed by atoms with E-state index in [1.807, 2.05) is 13.1 Å². The van der Waals surface area contributed by atoms with E-state index in [4.69, 9.17) is 0 Å². The lowest BCUT2D eigenvalue weighted by Gasteiger charge is -2.13. The Labute approximate surface area is 70.9 Å². The molecule has 1 nitrogen and oxygen atoms in total. The molecule has 0 aromatic rings. The molecule has 0 saturated heterocycles. The Morgan fingerprint density at radius 2 is 2.09 bits per heavy atom. The third kappa shape index (κ3) is 5.96. The molecule has 66 valence electrons. The predicted octanol–water partition coefficient (Wildman–Crippen LogP) is 3.08.